The van der Waals surface area contributed by atoms with E-state index in [1.54, 1.807) is 24.4 Å². The molecule has 0 bridgehead atoms. The molecule has 1 aromatic heterocycles. The van der Waals surface area contributed by atoms with Gasteiger partial charge in [0.25, 0.3) is 0 Å². The SMILES string of the molecule is NC(N)=NCCC[C@H](NC(=O)CNC(=O)CNC(=O)CNC(=O)[C@@H](N)CS)C(=O)N[C@@H](Cc1c[nH]c2ccccc12)C(=O)N[C@@H](CS)C(=O)NCC(=O)O. The number of thiol groups is 2. The van der Waals surface area contributed by atoms with Crippen LogP contribution in [-0.4, -0.2) is 132 Å². The first-order valence-corrected chi connectivity index (χ1v) is 17.7. The van der Waals surface area contributed by atoms with Crippen molar-refractivity contribution in [3.8, 4) is 0 Å². The number of benzene rings is 1. The Morgan fingerprint density at radius 3 is 1.94 bits per heavy atom. The van der Waals surface area contributed by atoms with E-state index in [2.05, 4.69) is 72.5 Å². The molecule has 15 N–H and O–H groups in total. The molecule has 0 saturated carbocycles. The molecule has 1 aromatic carbocycles. The fourth-order valence-electron chi connectivity index (χ4n) is 4.64. The third-order valence-electron chi connectivity index (χ3n) is 7.41. The van der Waals surface area contributed by atoms with Crippen molar-refractivity contribution < 1.29 is 43.5 Å². The summed E-state index contributed by atoms with van der Waals surface area (Å²) in [6, 6.07) is 2.44. The second-order valence-electron chi connectivity index (χ2n) is 11.6. The Morgan fingerprint density at radius 2 is 1.31 bits per heavy atom. The van der Waals surface area contributed by atoms with Crippen LogP contribution in [-0.2, 0) is 44.8 Å². The van der Waals surface area contributed by atoms with Crippen molar-refractivity contribution in [2.24, 2.45) is 22.2 Å². The van der Waals surface area contributed by atoms with Crippen LogP contribution in [0.4, 0.5) is 0 Å². The molecule has 2 aromatic rings. The monoisotopic (exact) mass is 794 g/mol. The van der Waals surface area contributed by atoms with E-state index in [-0.39, 0.29) is 43.3 Å². The van der Waals surface area contributed by atoms with Crippen LogP contribution in [0.25, 0.3) is 10.9 Å². The summed E-state index contributed by atoms with van der Waals surface area (Å²) < 4.78 is 0. The summed E-state index contributed by atoms with van der Waals surface area (Å²) >= 11 is 8.00. The number of hydrogen-bond acceptors (Lipinski definition) is 12. The van der Waals surface area contributed by atoms with Crippen LogP contribution in [0.5, 0.6) is 0 Å². The molecule has 54 heavy (non-hydrogen) atoms. The van der Waals surface area contributed by atoms with Crippen LogP contribution in [0.1, 0.15) is 18.4 Å². The Balaban J connectivity index is 2.17. The zero-order valence-electron chi connectivity index (χ0n) is 29.1. The number of aliphatic imine (C=N–C) groups is 1. The molecule has 0 radical (unpaired) electrons. The van der Waals surface area contributed by atoms with Crippen LogP contribution in [0, 0.1) is 0 Å². The highest BCUT2D eigenvalue weighted by molar-refractivity contribution is 7.80. The number of fused-ring (bicyclic) bond motifs is 1. The maximum absolute atomic E-state index is 13.7. The summed E-state index contributed by atoms with van der Waals surface area (Å²) in [6.45, 7) is -2.19. The van der Waals surface area contributed by atoms with Crippen molar-refractivity contribution in [2.45, 2.75) is 43.4 Å². The highest BCUT2D eigenvalue weighted by Crippen LogP contribution is 2.19. The van der Waals surface area contributed by atoms with Gasteiger partial charge in [-0.05, 0) is 24.5 Å². The predicted octanol–water partition coefficient (Wildman–Crippen LogP) is -5.05. The highest BCUT2D eigenvalue weighted by atomic mass is 32.1. The number of aromatic amines is 1. The van der Waals surface area contributed by atoms with E-state index in [4.69, 9.17) is 22.3 Å². The zero-order valence-corrected chi connectivity index (χ0v) is 30.8. The van der Waals surface area contributed by atoms with Crippen molar-refractivity contribution in [1.29, 1.82) is 0 Å². The predicted molar refractivity (Wildman–Crippen MR) is 203 cm³/mol. The van der Waals surface area contributed by atoms with Gasteiger partial charge in [-0.2, -0.15) is 25.3 Å². The van der Waals surface area contributed by atoms with E-state index in [1.165, 1.54) is 0 Å². The molecule has 4 atom stereocenters. The molecule has 296 valence electrons. The Morgan fingerprint density at radius 1 is 0.722 bits per heavy atom. The van der Waals surface area contributed by atoms with Crippen LogP contribution in [0.3, 0.4) is 0 Å². The minimum atomic E-state index is -1.31. The van der Waals surface area contributed by atoms with Gasteiger partial charge in [0.05, 0.1) is 25.7 Å². The first kappa shape index (κ1) is 44.6. The van der Waals surface area contributed by atoms with E-state index in [9.17, 15) is 38.4 Å². The van der Waals surface area contributed by atoms with Crippen molar-refractivity contribution in [2.75, 3.05) is 44.2 Å². The van der Waals surface area contributed by atoms with Crippen LogP contribution in [0.2, 0.25) is 0 Å². The molecule has 0 saturated heterocycles. The summed E-state index contributed by atoms with van der Waals surface area (Å²) in [6.07, 6.45) is 1.77. The standard InChI is InChI=1S/C31H46N12O9S2/c32-18(14-53)27(49)39-11-24(45)37-10-23(44)38-12-25(46)41-20(6-3-7-35-31(33)34)29(51)42-21(8-16-9-36-19-5-2-1-4-17(16)19)30(52)43-22(15-54)28(50)40-13-26(47)48/h1-2,4-5,9,18,20-22,36,53-54H,3,6-8,10-15,32H2,(H,37,45)(H,38,44)(H,39,49)(H,40,50)(H,41,46)(H,42,51)(H,43,52)(H,47,48)(H4,33,34,35)/t18-,20-,21-,22-/m0/s1. The third-order valence-corrected chi connectivity index (χ3v) is 8.17. The second kappa shape index (κ2) is 23.2. The summed E-state index contributed by atoms with van der Waals surface area (Å²) in [5.41, 5.74) is 17.7. The van der Waals surface area contributed by atoms with Crippen molar-refractivity contribution in [3.63, 3.8) is 0 Å². The number of nitrogens with two attached hydrogens (primary N) is 3. The van der Waals surface area contributed by atoms with Crippen molar-refractivity contribution in [1.82, 2.24) is 42.2 Å². The molecule has 7 amide bonds. The molecular weight excluding hydrogens is 749 g/mol. The summed E-state index contributed by atoms with van der Waals surface area (Å²) in [5.74, 6) is -6.91. The van der Waals surface area contributed by atoms with Gasteiger partial charge in [0.15, 0.2) is 5.96 Å². The van der Waals surface area contributed by atoms with Gasteiger partial charge in [0.2, 0.25) is 41.4 Å². The van der Waals surface area contributed by atoms with Gasteiger partial charge in [-0.1, -0.05) is 18.2 Å². The minimum absolute atomic E-state index is 0.0146. The lowest BCUT2D eigenvalue weighted by atomic mass is 10.0. The molecule has 1 heterocycles. The molecule has 0 fully saturated rings. The number of aliphatic carboxylic acids is 1. The van der Waals surface area contributed by atoms with Crippen molar-refractivity contribution in [3.05, 3.63) is 36.0 Å². The molecule has 0 unspecified atom stereocenters. The lowest BCUT2D eigenvalue weighted by molar-refractivity contribution is -0.138. The lowest BCUT2D eigenvalue weighted by Crippen LogP contribution is -2.58. The Hall–Kier alpha value is -5.55. The maximum Gasteiger partial charge on any atom is 0.322 e. The Bertz CT molecular complexity index is 1690. The van der Waals surface area contributed by atoms with Crippen molar-refractivity contribution >= 4 is 89.4 Å². The number of aromatic nitrogens is 1. The molecule has 21 nitrogen and oxygen atoms in total. The number of nitrogens with zero attached hydrogens (tertiary/aromatic N) is 1. The number of rotatable bonds is 23. The molecule has 23 heteroatoms. The number of amides is 7. The molecule has 0 aliphatic heterocycles. The fourth-order valence-corrected chi connectivity index (χ4v) is 5.06. The highest BCUT2D eigenvalue weighted by Gasteiger charge is 2.30. The number of carboxylic acids is 1. The topological polar surface area (TPSA) is 347 Å². The minimum Gasteiger partial charge on any atom is -0.480 e. The quantitative estimate of drug-likeness (QED) is 0.0218. The third kappa shape index (κ3) is 16.0. The molecule has 0 aliphatic carbocycles. The van der Waals surface area contributed by atoms with Gasteiger partial charge in [0, 0.05) is 41.6 Å². The Kier molecular flexibility index (Phi) is 19.2. The van der Waals surface area contributed by atoms with Gasteiger partial charge in [-0.3, -0.25) is 43.3 Å². The largest absolute Gasteiger partial charge is 0.480 e. The number of guanidine groups is 1. The van der Waals surface area contributed by atoms with Gasteiger partial charge in [0.1, 0.15) is 24.7 Å². The van der Waals surface area contributed by atoms with E-state index >= 15 is 0 Å². The van der Waals surface area contributed by atoms with Crippen LogP contribution < -0.4 is 54.4 Å². The number of carboxylic acid groups (broad SMARTS) is 1. The van der Waals surface area contributed by atoms with E-state index in [0.29, 0.717) is 5.56 Å². The number of H-pyrrole nitrogens is 1. The van der Waals surface area contributed by atoms with Gasteiger partial charge in [-0.25, -0.2) is 0 Å². The molecular formula is C31H46N12O9S2. The van der Waals surface area contributed by atoms with E-state index < -0.39 is 97.7 Å². The zero-order chi connectivity index (χ0) is 40.2. The summed E-state index contributed by atoms with van der Waals surface area (Å²) in [5, 5.41) is 26.3. The number of carbonyl (C=O) groups excluding carboxylic acids is 7. The van der Waals surface area contributed by atoms with Gasteiger partial charge in [-0.15, -0.1) is 0 Å². The average Bonchev–Trinajstić information content (AvgIpc) is 3.55. The lowest BCUT2D eigenvalue weighted by Gasteiger charge is -2.25. The molecule has 2 rings (SSSR count). The summed E-state index contributed by atoms with van der Waals surface area (Å²) in [7, 11) is 0. The van der Waals surface area contributed by atoms with E-state index in [1.807, 2.05) is 6.07 Å². The van der Waals surface area contributed by atoms with Gasteiger partial charge >= 0.3 is 5.97 Å². The van der Waals surface area contributed by atoms with Gasteiger partial charge < -0.3 is 64.5 Å². The maximum atomic E-state index is 13.7. The smallest absolute Gasteiger partial charge is 0.322 e. The molecule has 0 aliphatic rings. The number of nitrogens with one attached hydrogen (secondary N) is 8. The first-order chi connectivity index (χ1) is 25.6. The van der Waals surface area contributed by atoms with Crippen LogP contribution in [0.15, 0.2) is 35.5 Å². The average molecular weight is 795 g/mol. The number of carbonyl (C=O) groups is 8. The van der Waals surface area contributed by atoms with Crippen LogP contribution >= 0.6 is 25.3 Å². The number of hydrogen-bond donors (Lipinski definition) is 14. The fraction of sp³-hybridized carbons (Fsp3) is 0.452. The summed E-state index contributed by atoms with van der Waals surface area (Å²) in [4.78, 5) is 107. The first-order valence-electron chi connectivity index (χ1n) is 16.4. The normalized spacial score (nSPS) is 12.9. The van der Waals surface area contributed by atoms with E-state index in [0.717, 1.165) is 10.9 Å². The molecule has 0 spiro atoms. The number of para-hydroxylation sites is 1. The Labute approximate surface area is 320 Å². The second-order valence-corrected chi connectivity index (χ2v) is 12.3.